The molecule has 5 nitrogen and oxygen atoms in total. The smallest absolute Gasteiger partial charge is 0.218 e. The predicted octanol–water partition coefficient (Wildman–Crippen LogP) is 1.76. The second-order valence-electron chi connectivity index (χ2n) is 4.66. The number of rotatable bonds is 4. The van der Waals surface area contributed by atoms with E-state index in [1.165, 1.54) is 0 Å². The lowest BCUT2D eigenvalue weighted by atomic mass is 10.2. The van der Waals surface area contributed by atoms with Gasteiger partial charge in [-0.15, -0.1) is 24.8 Å². The first-order valence-corrected chi connectivity index (χ1v) is 6.16. The Hall–Kier alpha value is -0.780. The van der Waals surface area contributed by atoms with Crippen molar-refractivity contribution in [1.29, 1.82) is 0 Å². The number of aromatic nitrogens is 2. The van der Waals surface area contributed by atoms with Crippen LogP contribution in [-0.4, -0.2) is 42.8 Å². The van der Waals surface area contributed by atoms with E-state index in [-0.39, 0.29) is 24.8 Å². The molecular weight excluding hydrogens is 287 g/mol. The Morgan fingerprint density at radius 3 is 2.58 bits per heavy atom. The summed E-state index contributed by atoms with van der Waals surface area (Å²) in [5, 5.41) is 3.32. The van der Waals surface area contributed by atoms with Gasteiger partial charge in [-0.05, 0) is 5.92 Å². The Morgan fingerprint density at radius 2 is 1.95 bits per heavy atom. The molecule has 1 saturated heterocycles. The van der Waals surface area contributed by atoms with Gasteiger partial charge in [0.25, 0.3) is 0 Å². The summed E-state index contributed by atoms with van der Waals surface area (Å²) in [4.78, 5) is 10.7. The summed E-state index contributed by atoms with van der Waals surface area (Å²) in [6, 6.07) is 1.92. The quantitative estimate of drug-likeness (QED) is 0.918. The molecule has 0 amide bonds. The van der Waals surface area contributed by atoms with Gasteiger partial charge >= 0.3 is 0 Å². The van der Waals surface area contributed by atoms with Crippen molar-refractivity contribution >= 4 is 30.6 Å². The van der Waals surface area contributed by atoms with Crippen molar-refractivity contribution in [2.75, 3.05) is 37.7 Å². The molecule has 1 aromatic heterocycles. The van der Waals surface area contributed by atoms with Crippen LogP contribution in [0.4, 0.5) is 5.82 Å². The van der Waals surface area contributed by atoms with E-state index in [1.54, 1.807) is 6.33 Å². The fraction of sp³-hybridized carbons (Fsp3) is 0.667. The van der Waals surface area contributed by atoms with Crippen LogP contribution in [0.5, 0.6) is 5.88 Å². The first-order valence-electron chi connectivity index (χ1n) is 6.16. The second-order valence-corrected chi connectivity index (χ2v) is 4.66. The number of piperazine rings is 1. The molecule has 2 rings (SSSR count). The van der Waals surface area contributed by atoms with Crippen molar-refractivity contribution in [3.05, 3.63) is 12.4 Å². The third kappa shape index (κ3) is 5.80. The zero-order valence-corrected chi connectivity index (χ0v) is 13.0. The number of nitrogens with one attached hydrogen (secondary N) is 1. The monoisotopic (exact) mass is 308 g/mol. The van der Waals surface area contributed by atoms with Gasteiger partial charge in [-0.1, -0.05) is 13.8 Å². The van der Waals surface area contributed by atoms with Crippen molar-refractivity contribution < 1.29 is 4.74 Å². The van der Waals surface area contributed by atoms with Crippen molar-refractivity contribution in [2.45, 2.75) is 13.8 Å². The maximum atomic E-state index is 5.61. The molecule has 110 valence electrons. The van der Waals surface area contributed by atoms with E-state index >= 15 is 0 Å². The molecule has 1 aromatic rings. The van der Waals surface area contributed by atoms with Gasteiger partial charge in [0.05, 0.1) is 6.61 Å². The third-order valence-electron chi connectivity index (χ3n) is 2.63. The highest BCUT2D eigenvalue weighted by molar-refractivity contribution is 5.85. The molecule has 0 aromatic carbocycles. The van der Waals surface area contributed by atoms with Crippen molar-refractivity contribution in [3.63, 3.8) is 0 Å². The van der Waals surface area contributed by atoms with Gasteiger partial charge in [0.2, 0.25) is 5.88 Å². The molecule has 0 unspecified atom stereocenters. The minimum absolute atomic E-state index is 0. The Kier molecular flexibility index (Phi) is 8.80. The fourth-order valence-corrected chi connectivity index (χ4v) is 1.73. The average Bonchev–Trinajstić information content (AvgIpc) is 2.38. The Morgan fingerprint density at radius 1 is 1.26 bits per heavy atom. The number of hydrogen-bond donors (Lipinski definition) is 1. The van der Waals surface area contributed by atoms with Crippen LogP contribution in [0.25, 0.3) is 0 Å². The summed E-state index contributed by atoms with van der Waals surface area (Å²) < 4.78 is 5.61. The third-order valence-corrected chi connectivity index (χ3v) is 2.63. The average molecular weight is 309 g/mol. The summed E-state index contributed by atoms with van der Waals surface area (Å²) >= 11 is 0. The molecule has 1 aliphatic heterocycles. The molecule has 19 heavy (non-hydrogen) atoms. The molecule has 0 aliphatic carbocycles. The fourth-order valence-electron chi connectivity index (χ4n) is 1.73. The lowest BCUT2D eigenvalue weighted by Gasteiger charge is -2.28. The van der Waals surface area contributed by atoms with Crippen molar-refractivity contribution in [1.82, 2.24) is 15.3 Å². The number of ether oxygens (including phenoxy) is 1. The predicted molar refractivity (Wildman–Crippen MR) is 81.9 cm³/mol. The Bertz CT molecular complexity index is 359. The summed E-state index contributed by atoms with van der Waals surface area (Å²) in [6.07, 6.45) is 1.58. The van der Waals surface area contributed by atoms with Gasteiger partial charge < -0.3 is 15.0 Å². The highest BCUT2D eigenvalue weighted by Crippen LogP contribution is 2.16. The van der Waals surface area contributed by atoms with E-state index in [4.69, 9.17) is 4.74 Å². The van der Waals surface area contributed by atoms with Gasteiger partial charge in [0.1, 0.15) is 12.1 Å². The molecule has 2 heterocycles. The van der Waals surface area contributed by atoms with E-state index in [9.17, 15) is 0 Å². The standard InChI is InChI=1S/C12H20N4O.2ClH/c1-10(2)8-17-12-7-11(14-9-15-12)16-5-3-13-4-6-16;;/h7,9-10,13H,3-6,8H2,1-2H3;2*1H. The van der Waals surface area contributed by atoms with Crippen LogP contribution in [-0.2, 0) is 0 Å². The summed E-state index contributed by atoms with van der Waals surface area (Å²) in [7, 11) is 0. The molecule has 0 saturated carbocycles. The van der Waals surface area contributed by atoms with Crippen LogP contribution in [0.15, 0.2) is 12.4 Å². The lowest BCUT2D eigenvalue weighted by molar-refractivity contribution is 0.261. The van der Waals surface area contributed by atoms with Gasteiger partial charge in [0, 0.05) is 32.2 Å². The molecule has 1 N–H and O–H groups in total. The molecule has 7 heteroatoms. The number of hydrogen-bond acceptors (Lipinski definition) is 5. The zero-order chi connectivity index (χ0) is 12.1. The molecule has 1 aliphatic rings. The van der Waals surface area contributed by atoms with E-state index in [0.29, 0.717) is 18.4 Å². The van der Waals surface area contributed by atoms with Gasteiger partial charge in [-0.3, -0.25) is 0 Å². The second kappa shape index (κ2) is 9.18. The molecule has 0 spiro atoms. The Balaban J connectivity index is 0.00000162. The topological polar surface area (TPSA) is 50.3 Å². The maximum absolute atomic E-state index is 5.61. The zero-order valence-electron chi connectivity index (χ0n) is 11.3. The number of halogens is 2. The van der Waals surface area contributed by atoms with Crippen LogP contribution in [0.2, 0.25) is 0 Å². The van der Waals surface area contributed by atoms with Gasteiger partial charge in [-0.2, -0.15) is 0 Å². The van der Waals surface area contributed by atoms with E-state index in [1.807, 2.05) is 6.07 Å². The SMILES string of the molecule is CC(C)COc1cc(N2CCNCC2)ncn1.Cl.Cl. The normalized spacial score (nSPS) is 14.6. The maximum Gasteiger partial charge on any atom is 0.218 e. The summed E-state index contributed by atoms with van der Waals surface area (Å²) in [6.45, 7) is 8.93. The minimum atomic E-state index is 0. The van der Waals surface area contributed by atoms with E-state index < -0.39 is 0 Å². The van der Waals surface area contributed by atoms with Crippen molar-refractivity contribution in [3.8, 4) is 5.88 Å². The van der Waals surface area contributed by atoms with Crippen LogP contribution in [0.3, 0.4) is 0 Å². The minimum Gasteiger partial charge on any atom is -0.477 e. The summed E-state index contributed by atoms with van der Waals surface area (Å²) in [5.41, 5.74) is 0. The van der Waals surface area contributed by atoms with E-state index in [0.717, 1.165) is 32.0 Å². The number of anilines is 1. The largest absolute Gasteiger partial charge is 0.477 e. The van der Waals surface area contributed by atoms with E-state index in [2.05, 4.69) is 34.0 Å². The first kappa shape index (κ1) is 18.2. The van der Waals surface area contributed by atoms with Gasteiger partial charge in [0.15, 0.2) is 0 Å². The summed E-state index contributed by atoms with van der Waals surface area (Å²) in [5.74, 6) is 2.13. The van der Waals surface area contributed by atoms with Crippen LogP contribution < -0.4 is 15.0 Å². The highest BCUT2D eigenvalue weighted by Gasteiger charge is 2.12. The first-order chi connectivity index (χ1) is 8.25. The molecule has 0 bridgehead atoms. The molecule has 0 radical (unpaired) electrons. The number of nitrogens with zero attached hydrogens (tertiary/aromatic N) is 3. The molecular formula is C12H22Cl2N4O. The van der Waals surface area contributed by atoms with Crippen LogP contribution in [0, 0.1) is 5.92 Å². The van der Waals surface area contributed by atoms with Crippen LogP contribution >= 0.6 is 24.8 Å². The van der Waals surface area contributed by atoms with Gasteiger partial charge in [-0.25, -0.2) is 9.97 Å². The molecule has 0 atom stereocenters. The van der Waals surface area contributed by atoms with Crippen LogP contribution in [0.1, 0.15) is 13.8 Å². The van der Waals surface area contributed by atoms with Crippen molar-refractivity contribution in [2.24, 2.45) is 5.92 Å². The lowest BCUT2D eigenvalue weighted by Crippen LogP contribution is -2.43. The highest BCUT2D eigenvalue weighted by atomic mass is 35.5. The Labute approximate surface area is 127 Å². The molecule has 1 fully saturated rings.